The molecule has 4 aromatic rings. The third-order valence-electron chi connectivity index (χ3n) is 5.66. The lowest BCUT2D eigenvalue weighted by atomic mass is 10.0. The van der Waals surface area contributed by atoms with Crippen LogP contribution in [0.25, 0.3) is 16.9 Å². The zero-order valence-electron chi connectivity index (χ0n) is 19.3. The zero-order valence-corrected chi connectivity index (χ0v) is 19.3. The van der Waals surface area contributed by atoms with Gasteiger partial charge in [-0.1, -0.05) is 38.1 Å². The van der Waals surface area contributed by atoms with Gasteiger partial charge in [0.2, 0.25) is 0 Å². The molecule has 0 fully saturated rings. The minimum atomic E-state index is -4.69. The summed E-state index contributed by atoms with van der Waals surface area (Å²) in [6, 6.07) is 9.47. The second-order valence-corrected chi connectivity index (χ2v) is 8.39. The molecule has 0 aliphatic rings. The summed E-state index contributed by atoms with van der Waals surface area (Å²) in [5.41, 5.74) is 1.11. The number of hydrogen-bond donors (Lipinski definition) is 1. The van der Waals surface area contributed by atoms with Gasteiger partial charge in [-0.2, -0.15) is 23.4 Å². The number of carbonyl (C=O) groups excluding carboxylic acids is 1. The number of nitrogens with zero attached hydrogens (tertiary/aromatic N) is 5. The predicted molar refractivity (Wildman–Crippen MR) is 121 cm³/mol. The minimum Gasteiger partial charge on any atom is -0.344 e. The second kappa shape index (κ2) is 8.92. The van der Waals surface area contributed by atoms with E-state index in [0.717, 1.165) is 17.8 Å². The van der Waals surface area contributed by atoms with Crippen LogP contribution in [0.1, 0.15) is 67.0 Å². The molecule has 0 aliphatic carbocycles. The van der Waals surface area contributed by atoms with Crippen LogP contribution in [0.2, 0.25) is 0 Å². The van der Waals surface area contributed by atoms with Gasteiger partial charge in [0, 0.05) is 18.3 Å². The van der Waals surface area contributed by atoms with Gasteiger partial charge in [0.25, 0.3) is 5.91 Å². The molecule has 0 bridgehead atoms. The Hall–Kier alpha value is -3.69. The molecule has 0 radical (unpaired) electrons. The van der Waals surface area contributed by atoms with Gasteiger partial charge in [0.15, 0.2) is 11.3 Å². The highest BCUT2D eigenvalue weighted by molar-refractivity contribution is 6.00. The molecule has 178 valence electrons. The fourth-order valence-electron chi connectivity index (χ4n) is 3.64. The number of aromatic nitrogens is 5. The Labute approximate surface area is 194 Å². The molecular formula is C24H25F3N6O. The number of fused-ring (bicyclic) bond motifs is 1. The predicted octanol–water partition coefficient (Wildman–Crippen LogP) is 5.25. The van der Waals surface area contributed by atoms with Gasteiger partial charge in [0.05, 0.1) is 23.6 Å². The van der Waals surface area contributed by atoms with Crippen molar-refractivity contribution in [2.45, 2.75) is 52.4 Å². The van der Waals surface area contributed by atoms with Crippen molar-refractivity contribution in [3.05, 3.63) is 71.3 Å². The topological polar surface area (TPSA) is 77.1 Å². The van der Waals surface area contributed by atoms with E-state index in [9.17, 15) is 18.0 Å². The van der Waals surface area contributed by atoms with Gasteiger partial charge in [-0.25, -0.2) is 9.50 Å². The maximum atomic E-state index is 13.9. The average molecular weight is 470 g/mol. The number of carbonyl (C=O) groups is 1. The van der Waals surface area contributed by atoms with Crippen LogP contribution in [0.15, 0.2) is 48.8 Å². The fraction of sp³-hybridized carbons (Fsp3) is 0.333. The third kappa shape index (κ3) is 4.52. The highest BCUT2D eigenvalue weighted by atomic mass is 19.4. The summed E-state index contributed by atoms with van der Waals surface area (Å²) in [5, 5.41) is 11.0. The van der Waals surface area contributed by atoms with Crippen LogP contribution in [-0.2, 0) is 12.7 Å². The monoisotopic (exact) mass is 470 g/mol. The molecule has 0 saturated heterocycles. The quantitative estimate of drug-likeness (QED) is 0.418. The van der Waals surface area contributed by atoms with Gasteiger partial charge in [0.1, 0.15) is 5.56 Å². The first kappa shape index (κ1) is 23.5. The van der Waals surface area contributed by atoms with E-state index in [1.54, 1.807) is 36.0 Å². The molecule has 0 saturated carbocycles. The van der Waals surface area contributed by atoms with Crippen LogP contribution < -0.4 is 5.32 Å². The average Bonchev–Trinajstić information content (AvgIpc) is 3.45. The molecule has 1 unspecified atom stereocenters. The lowest BCUT2D eigenvalue weighted by molar-refractivity contribution is -0.142. The molecule has 0 aliphatic heterocycles. The molecule has 1 N–H and O–H groups in total. The molecule has 4 rings (SSSR count). The Bertz CT molecular complexity index is 1320. The van der Waals surface area contributed by atoms with Crippen molar-refractivity contribution in [3.63, 3.8) is 0 Å². The maximum Gasteiger partial charge on any atom is 0.433 e. The van der Waals surface area contributed by atoms with Crippen LogP contribution in [-0.4, -0.2) is 30.3 Å². The summed E-state index contributed by atoms with van der Waals surface area (Å²) in [7, 11) is 0. The molecule has 1 atom stereocenters. The molecule has 3 aromatic heterocycles. The number of hydrogen-bond acceptors (Lipinski definition) is 4. The van der Waals surface area contributed by atoms with E-state index in [1.165, 1.54) is 0 Å². The van der Waals surface area contributed by atoms with E-state index in [4.69, 9.17) is 0 Å². The second-order valence-electron chi connectivity index (χ2n) is 8.39. The Balaban J connectivity index is 1.74. The van der Waals surface area contributed by atoms with Crippen molar-refractivity contribution in [1.29, 1.82) is 0 Å². The largest absolute Gasteiger partial charge is 0.433 e. The van der Waals surface area contributed by atoms with Gasteiger partial charge in [-0.05, 0) is 37.5 Å². The van der Waals surface area contributed by atoms with E-state index in [2.05, 4.69) is 20.5 Å². The Morgan fingerprint density at radius 3 is 2.41 bits per heavy atom. The fourth-order valence-corrected chi connectivity index (χ4v) is 3.64. The summed E-state index contributed by atoms with van der Waals surface area (Å²) >= 11 is 0. The summed E-state index contributed by atoms with van der Waals surface area (Å²) in [5.74, 6) is -0.299. The van der Waals surface area contributed by atoms with Gasteiger partial charge in [-0.15, -0.1) is 0 Å². The highest BCUT2D eigenvalue weighted by Gasteiger charge is 2.36. The molecule has 1 amide bonds. The zero-order chi connectivity index (χ0) is 24.6. The van der Waals surface area contributed by atoms with Gasteiger partial charge in [-0.3, -0.25) is 9.48 Å². The molecule has 3 heterocycles. The van der Waals surface area contributed by atoms with E-state index in [0.29, 0.717) is 22.3 Å². The SMILES string of the molecule is CCn1ccc(C(C)NC(=O)c2cnn3c(C(F)(F)F)cc(-c4ccc(C(C)C)cc4)nc23)n1. The van der Waals surface area contributed by atoms with Crippen LogP contribution in [0.4, 0.5) is 13.2 Å². The third-order valence-corrected chi connectivity index (χ3v) is 5.66. The molecule has 1 aromatic carbocycles. The van der Waals surface area contributed by atoms with Crippen LogP contribution >= 0.6 is 0 Å². The molecule has 10 heteroatoms. The number of alkyl halides is 3. The Morgan fingerprint density at radius 2 is 1.82 bits per heavy atom. The summed E-state index contributed by atoms with van der Waals surface area (Å²) < 4.78 is 44.0. The van der Waals surface area contributed by atoms with Crippen molar-refractivity contribution in [2.24, 2.45) is 0 Å². The van der Waals surface area contributed by atoms with Crippen LogP contribution in [0.3, 0.4) is 0 Å². The van der Waals surface area contributed by atoms with Crippen LogP contribution in [0.5, 0.6) is 0 Å². The van der Waals surface area contributed by atoms with Crippen molar-refractivity contribution in [3.8, 4) is 11.3 Å². The number of benzene rings is 1. The van der Waals surface area contributed by atoms with Crippen LogP contribution in [0, 0.1) is 0 Å². The standard InChI is InChI=1S/C24H25F3N6O/c1-5-32-11-10-19(31-32)15(4)29-23(34)18-13-28-33-21(24(25,26)27)12-20(30-22(18)33)17-8-6-16(7-9-17)14(2)3/h6-15H,5H2,1-4H3,(H,29,34). The molecule has 0 spiro atoms. The number of halogens is 3. The number of aryl methyl sites for hydroxylation is 1. The first-order valence-corrected chi connectivity index (χ1v) is 11.0. The summed E-state index contributed by atoms with van der Waals surface area (Å²) in [6.45, 7) is 8.44. The van der Waals surface area contributed by atoms with E-state index < -0.39 is 23.8 Å². The first-order chi connectivity index (χ1) is 16.1. The van der Waals surface area contributed by atoms with E-state index in [-0.39, 0.29) is 22.8 Å². The van der Waals surface area contributed by atoms with E-state index >= 15 is 0 Å². The van der Waals surface area contributed by atoms with Crippen molar-refractivity contribution < 1.29 is 18.0 Å². The van der Waals surface area contributed by atoms with Gasteiger partial charge < -0.3 is 5.32 Å². The van der Waals surface area contributed by atoms with Gasteiger partial charge >= 0.3 is 6.18 Å². The van der Waals surface area contributed by atoms with Crippen molar-refractivity contribution in [1.82, 2.24) is 29.7 Å². The highest BCUT2D eigenvalue weighted by Crippen LogP contribution is 2.33. The minimum absolute atomic E-state index is 0.0482. The number of amides is 1. The Kier molecular flexibility index (Phi) is 6.16. The maximum absolute atomic E-state index is 13.9. The van der Waals surface area contributed by atoms with Crippen molar-refractivity contribution in [2.75, 3.05) is 0 Å². The molecular weight excluding hydrogens is 445 g/mol. The lowest BCUT2D eigenvalue weighted by Gasteiger charge is -2.13. The summed E-state index contributed by atoms with van der Waals surface area (Å²) in [6.07, 6.45) is -1.79. The Morgan fingerprint density at radius 1 is 1.12 bits per heavy atom. The van der Waals surface area contributed by atoms with Crippen molar-refractivity contribution >= 4 is 11.6 Å². The molecule has 7 nitrogen and oxygen atoms in total. The normalized spacial score (nSPS) is 12.9. The summed E-state index contributed by atoms with van der Waals surface area (Å²) in [4.78, 5) is 17.4. The lowest BCUT2D eigenvalue weighted by Crippen LogP contribution is -2.27. The van der Waals surface area contributed by atoms with E-state index in [1.807, 2.05) is 32.9 Å². The molecule has 34 heavy (non-hydrogen) atoms. The first-order valence-electron chi connectivity index (χ1n) is 11.0. The number of nitrogens with one attached hydrogen (secondary N) is 1. The smallest absolute Gasteiger partial charge is 0.344 e. The number of rotatable bonds is 6.